The second-order valence-electron chi connectivity index (χ2n) is 8.65. The molecular weight excluding hydrogens is 460 g/mol. The van der Waals surface area contributed by atoms with Gasteiger partial charge in [-0.15, -0.1) is 0 Å². The summed E-state index contributed by atoms with van der Waals surface area (Å²) in [6.45, 7) is 0.731. The summed E-state index contributed by atoms with van der Waals surface area (Å²) in [6.07, 6.45) is -9.95. The van der Waals surface area contributed by atoms with Gasteiger partial charge in [0.05, 0.1) is 12.7 Å². The molecule has 0 saturated carbocycles. The minimum atomic E-state index is -2.08. The van der Waals surface area contributed by atoms with E-state index in [2.05, 4.69) is 0 Å². The van der Waals surface area contributed by atoms with Crippen LogP contribution in [0.15, 0.2) is 36.4 Å². The summed E-state index contributed by atoms with van der Waals surface area (Å²) in [5.74, 6) is -5.80. The summed E-state index contributed by atoms with van der Waals surface area (Å²) < 4.78 is 55.6. The van der Waals surface area contributed by atoms with Gasteiger partial charge in [0, 0.05) is 0 Å². The Morgan fingerprint density at radius 2 is 1.15 bits per heavy atom. The highest BCUT2D eigenvalue weighted by Crippen LogP contribution is 2.28. The van der Waals surface area contributed by atoms with E-state index in [1.807, 2.05) is 0 Å². The lowest BCUT2D eigenvalue weighted by Gasteiger charge is -2.34. The molecule has 7 atom stereocenters. The first-order chi connectivity index (χ1) is 16.0. The first-order valence-corrected chi connectivity index (χ1v) is 10.8. The van der Waals surface area contributed by atoms with Crippen molar-refractivity contribution in [3.8, 4) is 0 Å². The second kappa shape index (κ2) is 12.6. The average Bonchev–Trinajstić information content (AvgIpc) is 2.81. The van der Waals surface area contributed by atoms with Gasteiger partial charge in [-0.2, -0.15) is 0 Å². The van der Waals surface area contributed by atoms with Crippen molar-refractivity contribution in [3.05, 3.63) is 70.8 Å². The number of aliphatic hydroxyl groups excluding tert-OH is 6. The number of rotatable bonds is 12. The van der Waals surface area contributed by atoms with Crippen LogP contribution in [0.3, 0.4) is 0 Å². The van der Waals surface area contributed by atoms with E-state index in [0.717, 1.165) is 12.1 Å². The average molecular weight is 490 g/mol. The number of hydrogen-bond donors (Lipinski definition) is 6. The lowest BCUT2D eigenvalue weighted by atomic mass is 9.80. The summed E-state index contributed by atoms with van der Waals surface area (Å²) in [4.78, 5) is 0. The van der Waals surface area contributed by atoms with Gasteiger partial charge >= 0.3 is 0 Å². The largest absolute Gasteiger partial charge is 0.394 e. The van der Waals surface area contributed by atoms with Crippen LogP contribution in [-0.2, 0) is 12.8 Å². The van der Waals surface area contributed by atoms with Crippen molar-refractivity contribution in [2.45, 2.75) is 56.7 Å². The van der Waals surface area contributed by atoms with Crippen molar-refractivity contribution in [1.29, 1.82) is 0 Å². The predicted octanol–water partition coefficient (Wildman–Crippen LogP) is 1.47. The molecule has 0 aromatic heterocycles. The van der Waals surface area contributed by atoms with E-state index in [1.54, 1.807) is 6.92 Å². The zero-order chi connectivity index (χ0) is 25.6. The Labute approximate surface area is 194 Å². The maximum Gasteiger partial charge on any atom is 0.162 e. The van der Waals surface area contributed by atoms with Gasteiger partial charge < -0.3 is 30.6 Å². The predicted molar refractivity (Wildman–Crippen MR) is 115 cm³/mol. The van der Waals surface area contributed by atoms with Gasteiger partial charge in [-0.3, -0.25) is 0 Å². The van der Waals surface area contributed by atoms with Crippen molar-refractivity contribution in [3.63, 3.8) is 0 Å². The Hall–Kier alpha value is -2.08. The van der Waals surface area contributed by atoms with Crippen LogP contribution in [0.5, 0.6) is 0 Å². The Morgan fingerprint density at radius 1 is 0.676 bits per heavy atom. The molecule has 6 N–H and O–H groups in total. The molecule has 10 heteroatoms. The van der Waals surface area contributed by atoms with Gasteiger partial charge in [0.15, 0.2) is 23.3 Å². The molecule has 0 spiro atoms. The monoisotopic (exact) mass is 490 g/mol. The van der Waals surface area contributed by atoms with Crippen molar-refractivity contribution in [2.24, 2.45) is 11.8 Å². The van der Waals surface area contributed by atoms with Crippen molar-refractivity contribution >= 4 is 0 Å². The lowest BCUT2D eigenvalue weighted by molar-refractivity contribution is -0.149. The van der Waals surface area contributed by atoms with Gasteiger partial charge in [-0.05, 0) is 54.4 Å². The van der Waals surface area contributed by atoms with Crippen LogP contribution in [0, 0.1) is 35.1 Å². The van der Waals surface area contributed by atoms with Gasteiger partial charge in [0.2, 0.25) is 0 Å². The molecule has 0 bridgehead atoms. The van der Waals surface area contributed by atoms with Gasteiger partial charge in [-0.25, -0.2) is 17.6 Å². The molecule has 3 unspecified atom stereocenters. The molecule has 2 rings (SSSR count). The molecule has 0 aliphatic heterocycles. The number of halogens is 4. The van der Waals surface area contributed by atoms with E-state index in [4.69, 9.17) is 5.11 Å². The highest BCUT2D eigenvalue weighted by atomic mass is 19.2. The first-order valence-electron chi connectivity index (χ1n) is 10.8. The fraction of sp³-hybridized carbons (Fsp3) is 0.500. The highest BCUT2D eigenvalue weighted by molar-refractivity contribution is 5.21. The summed E-state index contributed by atoms with van der Waals surface area (Å²) in [6, 6.07) is 7.13. The summed E-state index contributed by atoms with van der Waals surface area (Å²) >= 11 is 0. The van der Waals surface area contributed by atoms with Crippen LogP contribution in [0.2, 0.25) is 0 Å². The van der Waals surface area contributed by atoms with Crippen LogP contribution < -0.4 is 0 Å². The summed E-state index contributed by atoms with van der Waals surface area (Å²) in [7, 11) is 0. The molecule has 2 aromatic rings. The molecule has 0 heterocycles. The zero-order valence-corrected chi connectivity index (χ0v) is 18.5. The first kappa shape index (κ1) is 28.2. The van der Waals surface area contributed by atoms with E-state index in [-0.39, 0.29) is 30.4 Å². The fourth-order valence-electron chi connectivity index (χ4n) is 4.03. The Bertz CT molecular complexity index is 930. The second-order valence-corrected chi connectivity index (χ2v) is 8.65. The molecule has 0 radical (unpaired) electrons. The van der Waals surface area contributed by atoms with Gasteiger partial charge in [-0.1, -0.05) is 31.2 Å². The van der Waals surface area contributed by atoms with Crippen molar-refractivity contribution in [2.75, 3.05) is 6.61 Å². The van der Waals surface area contributed by atoms with Crippen molar-refractivity contribution < 1.29 is 48.2 Å². The minimum Gasteiger partial charge on any atom is -0.394 e. The number of aliphatic hydroxyl groups is 6. The van der Waals surface area contributed by atoms with Crippen molar-refractivity contribution in [1.82, 2.24) is 0 Å². The third kappa shape index (κ3) is 6.97. The number of benzene rings is 2. The van der Waals surface area contributed by atoms with E-state index < -0.39 is 72.2 Å². The fourth-order valence-corrected chi connectivity index (χ4v) is 4.03. The third-order valence-corrected chi connectivity index (χ3v) is 5.93. The Morgan fingerprint density at radius 3 is 1.65 bits per heavy atom. The van der Waals surface area contributed by atoms with Crippen LogP contribution in [0.25, 0.3) is 0 Å². The van der Waals surface area contributed by atoms with E-state index in [9.17, 15) is 43.1 Å². The molecular formula is C24H30F4O6. The maximum atomic E-state index is 14.3. The SMILES string of the molecule is CC(Cc1cccc(F)c1F)CC(Cc1cccc(F)c1F)C(O)[C@@H](O)[C@@H](O)[C@H](O)[C@@H](O)CO. The van der Waals surface area contributed by atoms with E-state index >= 15 is 0 Å². The minimum absolute atomic E-state index is 0.00943. The standard InChI is InChI=1S/C24H30F4O6/c1-12(8-13-4-2-6-16(25)19(13)27)9-15(10-14-5-3-7-17(26)20(14)28)21(31)23(33)24(34)22(32)18(30)11-29/h2-7,12,15,18,21-24,29-34H,8-11H2,1H3/t12?,15?,18-,21?,22+,23+,24-/m0/s1. The summed E-state index contributed by atoms with van der Waals surface area (Å²) in [5, 5.41) is 59.7. The molecule has 34 heavy (non-hydrogen) atoms. The molecule has 0 saturated heterocycles. The van der Waals surface area contributed by atoms with E-state index in [0.29, 0.717) is 0 Å². The van der Waals surface area contributed by atoms with Crippen LogP contribution in [0.4, 0.5) is 17.6 Å². The number of hydrogen-bond acceptors (Lipinski definition) is 6. The molecule has 0 fully saturated rings. The molecule has 0 amide bonds. The van der Waals surface area contributed by atoms with E-state index in [1.165, 1.54) is 24.3 Å². The third-order valence-electron chi connectivity index (χ3n) is 5.93. The molecule has 6 nitrogen and oxygen atoms in total. The summed E-state index contributed by atoms with van der Waals surface area (Å²) in [5.41, 5.74) is -0.0504. The molecule has 2 aromatic carbocycles. The molecule has 0 aliphatic rings. The van der Waals surface area contributed by atoms with Gasteiger partial charge in [0.25, 0.3) is 0 Å². The molecule has 190 valence electrons. The quantitative estimate of drug-likeness (QED) is 0.251. The topological polar surface area (TPSA) is 121 Å². The van der Waals surface area contributed by atoms with Crippen LogP contribution in [-0.4, -0.2) is 67.8 Å². The maximum absolute atomic E-state index is 14.3. The Balaban J connectivity index is 2.27. The lowest BCUT2D eigenvalue weighted by Crippen LogP contribution is -2.52. The normalized spacial score (nSPS) is 18.1. The zero-order valence-electron chi connectivity index (χ0n) is 18.5. The molecule has 0 aliphatic carbocycles. The van der Waals surface area contributed by atoms with Crippen LogP contribution in [0.1, 0.15) is 24.5 Å². The highest BCUT2D eigenvalue weighted by Gasteiger charge is 2.38. The Kier molecular flexibility index (Phi) is 10.4. The van der Waals surface area contributed by atoms with Gasteiger partial charge in [0.1, 0.15) is 24.4 Å². The smallest absolute Gasteiger partial charge is 0.162 e. The van der Waals surface area contributed by atoms with Crippen LogP contribution >= 0.6 is 0 Å².